The fraction of sp³-hybridized carbons (Fsp3) is 0.364. The maximum Gasteiger partial charge on any atom is 0.338 e. The number of carboxylic acids is 1. The first kappa shape index (κ1) is 10.7. The van der Waals surface area contributed by atoms with Gasteiger partial charge in [0, 0.05) is 5.92 Å². The molecule has 16 heavy (non-hydrogen) atoms. The summed E-state index contributed by atoms with van der Waals surface area (Å²) in [5.41, 5.74) is 0.583. The highest BCUT2D eigenvalue weighted by atomic mass is 19.1. The molecule has 5 heteroatoms. The summed E-state index contributed by atoms with van der Waals surface area (Å²) in [5.74, 6) is -1.04. The Morgan fingerprint density at radius 3 is 2.81 bits per heavy atom. The number of carbonyl (C=O) groups is 1. The molecule has 0 aromatic heterocycles. The van der Waals surface area contributed by atoms with Crippen LogP contribution in [0.25, 0.3) is 0 Å². The lowest BCUT2D eigenvalue weighted by Crippen LogP contribution is -2.21. The van der Waals surface area contributed by atoms with Crippen LogP contribution in [0.15, 0.2) is 18.2 Å². The summed E-state index contributed by atoms with van der Waals surface area (Å²) in [6.07, 6.45) is -1.92. The first-order chi connectivity index (χ1) is 7.59. The third-order valence-corrected chi connectivity index (χ3v) is 2.60. The second-order valence-corrected chi connectivity index (χ2v) is 3.64. The molecule has 4 nitrogen and oxygen atoms in total. The summed E-state index contributed by atoms with van der Waals surface area (Å²) >= 11 is 0. The molecule has 0 aliphatic carbocycles. The average molecular weight is 226 g/mol. The number of benzene rings is 1. The molecule has 2 unspecified atom stereocenters. The van der Waals surface area contributed by atoms with Crippen molar-refractivity contribution in [1.82, 2.24) is 0 Å². The summed E-state index contributed by atoms with van der Waals surface area (Å²) < 4.78 is 23.5. The Kier molecular flexibility index (Phi) is 2.68. The Hall–Kier alpha value is -1.78. The van der Waals surface area contributed by atoms with Gasteiger partial charge in [-0.25, -0.2) is 9.18 Å². The zero-order valence-corrected chi connectivity index (χ0v) is 8.64. The Morgan fingerprint density at radius 2 is 2.12 bits per heavy atom. The third-order valence-electron chi connectivity index (χ3n) is 2.60. The van der Waals surface area contributed by atoms with Gasteiger partial charge in [-0.3, -0.25) is 0 Å². The number of hydrogen-bond donors (Lipinski definition) is 1. The smallest absolute Gasteiger partial charge is 0.338 e. The largest absolute Gasteiger partial charge is 0.479 e. The van der Waals surface area contributed by atoms with Crippen molar-refractivity contribution in [3.8, 4) is 11.5 Å². The molecule has 1 aliphatic rings. The molecule has 0 saturated carbocycles. The summed E-state index contributed by atoms with van der Waals surface area (Å²) in [7, 11) is 0. The fourth-order valence-electron chi connectivity index (χ4n) is 1.58. The predicted molar refractivity (Wildman–Crippen MR) is 53.5 cm³/mol. The van der Waals surface area contributed by atoms with Gasteiger partial charge in [-0.05, 0) is 17.7 Å². The summed E-state index contributed by atoms with van der Waals surface area (Å²) in [5, 5.41) is 8.58. The first-order valence-electron chi connectivity index (χ1n) is 4.86. The van der Waals surface area contributed by atoms with Crippen LogP contribution in [0.1, 0.15) is 18.4 Å². The zero-order chi connectivity index (χ0) is 11.7. The van der Waals surface area contributed by atoms with Gasteiger partial charge in [0.2, 0.25) is 13.0 Å². The number of aliphatic carboxylic acids is 1. The maximum atomic E-state index is 13.3. The molecule has 86 valence electrons. The second kappa shape index (κ2) is 4.00. The lowest BCUT2D eigenvalue weighted by molar-refractivity contribution is -0.143. The Labute approximate surface area is 91.6 Å². The van der Waals surface area contributed by atoms with Crippen LogP contribution < -0.4 is 9.47 Å². The van der Waals surface area contributed by atoms with Crippen LogP contribution in [0, 0.1) is 0 Å². The molecule has 0 radical (unpaired) electrons. The van der Waals surface area contributed by atoms with E-state index in [1.165, 1.54) is 6.92 Å². The number of carboxylic acid groups (broad SMARTS) is 1. The van der Waals surface area contributed by atoms with Gasteiger partial charge in [-0.2, -0.15) is 0 Å². The van der Waals surface area contributed by atoms with Crippen molar-refractivity contribution in [3.05, 3.63) is 23.8 Å². The van der Waals surface area contributed by atoms with E-state index in [9.17, 15) is 9.18 Å². The molecule has 0 saturated heterocycles. The molecule has 1 aliphatic heterocycles. The van der Waals surface area contributed by atoms with Gasteiger partial charge in [0.1, 0.15) is 0 Å². The van der Waals surface area contributed by atoms with E-state index < -0.39 is 18.1 Å². The van der Waals surface area contributed by atoms with E-state index in [4.69, 9.17) is 14.6 Å². The number of ether oxygens (including phenoxy) is 2. The van der Waals surface area contributed by atoms with E-state index in [-0.39, 0.29) is 6.79 Å². The molecule has 1 N–H and O–H groups in total. The number of rotatable bonds is 3. The Bertz CT molecular complexity index is 418. The van der Waals surface area contributed by atoms with Gasteiger partial charge >= 0.3 is 5.97 Å². The molecule has 0 spiro atoms. The summed E-state index contributed by atoms with van der Waals surface area (Å²) in [6, 6.07) is 4.92. The summed E-state index contributed by atoms with van der Waals surface area (Å²) in [6.45, 7) is 1.67. The van der Waals surface area contributed by atoms with Crippen LogP contribution in [0.2, 0.25) is 0 Å². The first-order valence-corrected chi connectivity index (χ1v) is 4.86. The van der Waals surface area contributed by atoms with Gasteiger partial charge in [-0.15, -0.1) is 0 Å². The molecule has 1 aromatic carbocycles. The van der Waals surface area contributed by atoms with Crippen LogP contribution >= 0.6 is 0 Å². The Balaban J connectivity index is 2.24. The zero-order valence-electron chi connectivity index (χ0n) is 8.64. The van der Waals surface area contributed by atoms with Gasteiger partial charge in [0.25, 0.3) is 0 Å². The molecular weight excluding hydrogens is 215 g/mol. The number of halogens is 1. The quantitative estimate of drug-likeness (QED) is 0.855. The molecular formula is C11H11FO4. The van der Waals surface area contributed by atoms with Crippen LogP contribution in [0.4, 0.5) is 4.39 Å². The van der Waals surface area contributed by atoms with E-state index in [2.05, 4.69) is 0 Å². The minimum atomic E-state index is -1.92. The van der Waals surface area contributed by atoms with Crippen LogP contribution in [-0.2, 0) is 4.79 Å². The van der Waals surface area contributed by atoms with Gasteiger partial charge in [0.05, 0.1) is 0 Å². The molecule has 2 atom stereocenters. The predicted octanol–water partition coefficient (Wildman–Crippen LogP) is 1.94. The van der Waals surface area contributed by atoms with Crippen LogP contribution in [0.3, 0.4) is 0 Å². The third kappa shape index (κ3) is 1.80. The monoisotopic (exact) mass is 226 g/mol. The van der Waals surface area contributed by atoms with Crippen molar-refractivity contribution in [1.29, 1.82) is 0 Å². The summed E-state index contributed by atoms with van der Waals surface area (Å²) in [4.78, 5) is 10.5. The highest BCUT2D eigenvalue weighted by Gasteiger charge is 2.26. The lowest BCUT2D eigenvalue weighted by Gasteiger charge is -2.13. The highest BCUT2D eigenvalue weighted by Crippen LogP contribution is 2.35. The normalized spacial score (nSPS) is 16.9. The number of hydrogen-bond acceptors (Lipinski definition) is 3. The SMILES string of the molecule is CC(c1ccc2c(c1)OCO2)C(F)C(=O)O. The lowest BCUT2D eigenvalue weighted by atomic mass is 9.96. The van der Waals surface area contributed by atoms with Crippen LogP contribution in [0.5, 0.6) is 11.5 Å². The van der Waals surface area contributed by atoms with E-state index >= 15 is 0 Å². The maximum absolute atomic E-state index is 13.3. The van der Waals surface area contributed by atoms with E-state index in [0.29, 0.717) is 17.1 Å². The van der Waals surface area contributed by atoms with Gasteiger partial charge < -0.3 is 14.6 Å². The van der Waals surface area contributed by atoms with Crippen molar-refractivity contribution in [2.75, 3.05) is 6.79 Å². The van der Waals surface area contributed by atoms with E-state index in [1.807, 2.05) is 0 Å². The molecule has 0 bridgehead atoms. The molecule has 1 heterocycles. The molecule has 1 aromatic rings. The van der Waals surface area contributed by atoms with Crippen molar-refractivity contribution < 1.29 is 23.8 Å². The van der Waals surface area contributed by atoms with Crippen molar-refractivity contribution in [3.63, 3.8) is 0 Å². The standard InChI is InChI=1S/C11H11FO4/c1-6(10(12)11(13)14)7-2-3-8-9(4-7)16-5-15-8/h2-4,6,10H,5H2,1H3,(H,13,14). The average Bonchev–Trinajstić information content (AvgIpc) is 2.73. The minimum absolute atomic E-state index is 0.144. The van der Waals surface area contributed by atoms with Crippen molar-refractivity contribution in [2.45, 2.75) is 19.0 Å². The Morgan fingerprint density at radius 1 is 1.44 bits per heavy atom. The number of fused-ring (bicyclic) bond motifs is 1. The van der Waals surface area contributed by atoms with Gasteiger partial charge in [0.15, 0.2) is 11.5 Å². The fourth-order valence-corrected chi connectivity index (χ4v) is 1.58. The van der Waals surface area contributed by atoms with E-state index in [1.54, 1.807) is 18.2 Å². The van der Waals surface area contributed by atoms with E-state index in [0.717, 1.165) is 0 Å². The van der Waals surface area contributed by atoms with Crippen LogP contribution in [-0.4, -0.2) is 24.0 Å². The van der Waals surface area contributed by atoms with Crippen molar-refractivity contribution >= 4 is 5.97 Å². The molecule has 2 rings (SSSR count). The van der Waals surface area contributed by atoms with Gasteiger partial charge in [-0.1, -0.05) is 13.0 Å². The topological polar surface area (TPSA) is 55.8 Å². The highest BCUT2D eigenvalue weighted by molar-refractivity contribution is 5.73. The number of alkyl halides is 1. The second-order valence-electron chi connectivity index (χ2n) is 3.64. The molecule has 0 amide bonds. The van der Waals surface area contributed by atoms with Crippen molar-refractivity contribution in [2.24, 2.45) is 0 Å². The minimum Gasteiger partial charge on any atom is -0.479 e. The molecule has 0 fully saturated rings.